The summed E-state index contributed by atoms with van der Waals surface area (Å²) in [7, 11) is 0. The van der Waals surface area contributed by atoms with Crippen LogP contribution in [0.25, 0.3) is 0 Å². The molecule has 0 saturated carbocycles. The summed E-state index contributed by atoms with van der Waals surface area (Å²) < 4.78 is 5.72. The molecular weight excluding hydrogens is 388 g/mol. The Kier molecular flexibility index (Phi) is 8.52. The van der Waals surface area contributed by atoms with Crippen molar-refractivity contribution in [3.05, 3.63) is 64.7 Å². The number of nitrogens with one attached hydrogen (secondary N) is 1. The summed E-state index contributed by atoms with van der Waals surface area (Å²) >= 11 is 5.96. The van der Waals surface area contributed by atoms with Crippen LogP contribution in [0.1, 0.15) is 31.9 Å². The Hall–Kier alpha value is -2.53. The number of nitrogens with zero attached hydrogens (tertiary/aromatic N) is 1. The quantitative estimate of drug-likeness (QED) is 0.665. The van der Waals surface area contributed by atoms with Gasteiger partial charge < -0.3 is 15.0 Å². The third-order valence-corrected chi connectivity index (χ3v) is 4.81. The number of halogens is 1. The molecule has 0 radical (unpaired) electrons. The molecule has 0 aliphatic rings. The van der Waals surface area contributed by atoms with Gasteiger partial charge in [0.25, 0.3) is 5.91 Å². The minimum absolute atomic E-state index is 0.139. The number of carbonyl (C=O) groups is 2. The van der Waals surface area contributed by atoms with Gasteiger partial charge in [-0.15, -0.1) is 0 Å². The average molecular weight is 417 g/mol. The van der Waals surface area contributed by atoms with Gasteiger partial charge in [0, 0.05) is 18.1 Å². The smallest absolute Gasteiger partial charge is 0.261 e. The van der Waals surface area contributed by atoms with Crippen LogP contribution in [-0.4, -0.2) is 35.9 Å². The Balaban J connectivity index is 2.13. The van der Waals surface area contributed by atoms with Crippen LogP contribution in [-0.2, 0) is 16.1 Å². The van der Waals surface area contributed by atoms with Crippen molar-refractivity contribution in [3.63, 3.8) is 0 Å². The molecule has 0 bridgehead atoms. The van der Waals surface area contributed by atoms with Gasteiger partial charge in [-0.1, -0.05) is 55.8 Å². The number of para-hydroxylation sites is 1. The maximum Gasteiger partial charge on any atom is 0.261 e. The Morgan fingerprint density at radius 2 is 1.72 bits per heavy atom. The fourth-order valence-electron chi connectivity index (χ4n) is 2.76. The van der Waals surface area contributed by atoms with Crippen LogP contribution in [0, 0.1) is 12.8 Å². The van der Waals surface area contributed by atoms with Crippen LogP contribution in [0.3, 0.4) is 0 Å². The largest absolute Gasteiger partial charge is 0.484 e. The van der Waals surface area contributed by atoms with Gasteiger partial charge in [-0.25, -0.2) is 0 Å². The number of aryl methyl sites for hydroxylation is 1. The molecule has 0 heterocycles. The van der Waals surface area contributed by atoms with E-state index in [1.54, 1.807) is 19.1 Å². The second-order valence-corrected chi connectivity index (χ2v) is 7.95. The van der Waals surface area contributed by atoms with Gasteiger partial charge in [0.1, 0.15) is 11.8 Å². The molecule has 5 nitrogen and oxygen atoms in total. The third kappa shape index (κ3) is 7.09. The predicted molar refractivity (Wildman–Crippen MR) is 116 cm³/mol. The molecule has 156 valence electrons. The molecule has 0 spiro atoms. The first-order valence-electron chi connectivity index (χ1n) is 9.78. The number of carbonyl (C=O) groups excluding carboxylic acids is 2. The first kappa shape index (κ1) is 22.8. The van der Waals surface area contributed by atoms with Gasteiger partial charge in [-0.05, 0) is 49.1 Å². The van der Waals surface area contributed by atoms with Crippen LogP contribution in [0.15, 0.2) is 48.5 Å². The molecule has 0 aliphatic heterocycles. The van der Waals surface area contributed by atoms with E-state index in [0.717, 1.165) is 11.1 Å². The maximum absolute atomic E-state index is 13.0. The Morgan fingerprint density at radius 1 is 1.07 bits per heavy atom. The molecule has 1 atom stereocenters. The summed E-state index contributed by atoms with van der Waals surface area (Å²) in [6.07, 6.45) is 0. The first-order valence-corrected chi connectivity index (χ1v) is 10.2. The summed E-state index contributed by atoms with van der Waals surface area (Å²) in [5.74, 6) is 0.549. The predicted octanol–water partition coefficient (Wildman–Crippen LogP) is 4.22. The normalized spacial score (nSPS) is 11.8. The lowest BCUT2D eigenvalue weighted by atomic mass is 10.1. The second-order valence-electron chi connectivity index (χ2n) is 7.52. The van der Waals surface area contributed by atoms with E-state index in [1.807, 2.05) is 57.2 Å². The fraction of sp³-hybridized carbons (Fsp3) is 0.391. The molecule has 2 amide bonds. The molecule has 0 fully saturated rings. The number of benzene rings is 2. The van der Waals surface area contributed by atoms with Gasteiger partial charge in [-0.3, -0.25) is 9.59 Å². The molecule has 2 rings (SSSR count). The summed E-state index contributed by atoms with van der Waals surface area (Å²) in [6, 6.07) is 14.1. The Morgan fingerprint density at radius 3 is 2.34 bits per heavy atom. The van der Waals surface area contributed by atoms with Crippen molar-refractivity contribution >= 4 is 23.4 Å². The highest BCUT2D eigenvalue weighted by Gasteiger charge is 2.26. The van der Waals surface area contributed by atoms with Crippen molar-refractivity contribution in [1.82, 2.24) is 10.2 Å². The lowest BCUT2D eigenvalue weighted by molar-refractivity contribution is -0.142. The molecule has 1 N–H and O–H groups in total. The van der Waals surface area contributed by atoms with Crippen LogP contribution < -0.4 is 10.1 Å². The highest BCUT2D eigenvalue weighted by atomic mass is 35.5. The van der Waals surface area contributed by atoms with Gasteiger partial charge in [-0.2, -0.15) is 0 Å². The Labute approximate surface area is 178 Å². The SMILES string of the molecule is Cc1ccccc1OCC(=O)N(Cc1ccc(Cl)cc1)C(C)C(=O)NCC(C)C. The maximum atomic E-state index is 13.0. The third-order valence-electron chi connectivity index (χ3n) is 4.56. The van der Waals surface area contributed by atoms with Gasteiger partial charge in [0.2, 0.25) is 5.91 Å². The van der Waals surface area contributed by atoms with Crippen molar-refractivity contribution < 1.29 is 14.3 Å². The molecule has 0 aliphatic carbocycles. The van der Waals surface area contributed by atoms with Gasteiger partial charge in [0.15, 0.2) is 6.61 Å². The van der Waals surface area contributed by atoms with E-state index in [9.17, 15) is 9.59 Å². The van der Waals surface area contributed by atoms with E-state index in [0.29, 0.717) is 29.8 Å². The molecule has 2 aromatic rings. The fourth-order valence-corrected chi connectivity index (χ4v) is 2.89. The monoisotopic (exact) mass is 416 g/mol. The van der Waals surface area contributed by atoms with Crippen molar-refractivity contribution in [2.75, 3.05) is 13.2 Å². The average Bonchev–Trinajstić information content (AvgIpc) is 2.70. The topological polar surface area (TPSA) is 58.6 Å². The second kappa shape index (κ2) is 10.9. The van der Waals surface area contributed by atoms with E-state index >= 15 is 0 Å². The zero-order valence-corrected chi connectivity index (χ0v) is 18.2. The van der Waals surface area contributed by atoms with E-state index < -0.39 is 6.04 Å². The molecular formula is C23H29ClN2O3. The van der Waals surface area contributed by atoms with Crippen molar-refractivity contribution in [2.45, 2.75) is 40.3 Å². The van der Waals surface area contributed by atoms with Crippen molar-refractivity contribution in [1.29, 1.82) is 0 Å². The summed E-state index contributed by atoms with van der Waals surface area (Å²) in [5, 5.41) is 3.52. The standard InChI is InChI=1S/C23H29ClN2O3/c1-16(2)13-25-23(28)18(4)26(14-19-9-11-20(24)12-10-19)22(27)15-29-21-8-6-5-7-17(21)3/h5-12,16,18H,13-15H2,1-4H3,(H,25,28). The first-order chi connectivity index (χ1) is 13.8. The lowest BCUT2D eigenvalue weighted by Crippen LogP contribution is -2.49. The molecule has 29 heavy (non-hydrogen) atoms. The van der Waals surface area contributed by atoms with E-state index in [-0.39, 0.29) is 18.4 Å². The van der Waals surface area contributed by atoms with E-state index in [4.69, 9.17) is 16.3 Å². The molecule has 6 heteroatoms. The van der Waals surface area contributed by atoms with Gasteiger partial charge in [0.05, 0.1) is 0 Å². The molecule has 2 aromatic carbocycles. The summed E-state index contributed by atoms with van der Waals surface area (Å²) in [6.45, 7) is 8.43. The van der Waals surface area contributed by atoms with Gasteiger partial charge >= 0.3 is 0 Å². The van der Waals surface area contributed by atoms with Crippen LogP contribution in [0.2, 0.25) is 5.02 Å². The number of hydrogen-bond acceptors (Lipinski definition) is 3. The van der Waals surface area contributed by atoms with Crippen molar-refractivity contribution in [3.8, 4) is 5.75 Å². The molecule has 0 saturated heterocycles. The minimum atomic E-state index is -0.627. The summed E-state index contributed by atoms with van der Waals surface area (Å²) in [4.78, 5) is 27.1. The highest BCUT2D eigenvalue weighted by Crippen LogP contribution is 2.17. The lowest BCUT2D eigenvalue weighted by Gasteiger charge is -2.29. The molecule has 1 unspecified atom stereocenters. The zero-order chi connectivity index (χ0) is 21.4. The van der Waals surface area contributed by atoms with Crippen molar-refractivity contribution in [2.24, 2.45) is 5.92 Å². The number of rotatable bonds is 9. The summed E-state index contributed by atoms with van der Waals surface area (Å²) in [5.41, 5.74) is 1.84. The zero-order valence-electron chi connectivity index (χ0n) is 17.4. The Bertz CT molecular complexity index is 821. The number of ether oxygens (including phenoxy) is 1. The van der Waals surface area contributed by atoms with Crippen LogP contribution in [0.4, 0.5) is 0 Å². The van der Waals surface area contributed by atoms with Crippen LogP contribution in [0.5, 0.6) is 5.75 Å². The number of amides is 2. The van der Waals surface area contributed by atoms with E-state index in [1.165, 1.54) is 4.90 Å². The van der Waals surface area contributed by atoms with E-state index in [2.05, 4.69) is 5.32 Å². The number of hydrogen-bond donors (Lipinski definition) is 1. The van der Waals surface area contributed by atoms with Crippen LogP contribution >= 0.6 is 11.6 Å². The molecule has 0 aromatic heterocycles. The minimum Gasteiger partial charge on any atom is -0.484 e. The highest BCUT2D eigenvalue weighted by molar-refractivity contribution is 6.30.